The van der Waals surface area contributed by atoms with Crippen molar-refractivity contribution in [1.82, 2.24) is 4.90 Å². The maximum Gasteiger partial charge on any atom is 0.324 e. The number of sulfone groups is 1. The molecule has 164 valence electrons. The topological polar surface area (TPSA) is 78.0 Å². The van der Waals surface area contributed by atoms with Crippen molar-refractivity contribution in [1.29, 1.82) is 0 Å². The largest absolute Gasteiger partial charge is 0.324 e. The van der Waals surface area contributed by atoms with Crippen LogP contribution in [0.15, 0.2) is 47.4 Å². The monoisotopic (exact) mass is 441 g/mol. The second-order valence-corrected chi connectivity index (χ2v) is 10.3. The number of likely N-dealkylation sites (tertiary alicyclic amines) is 1. The lowest BCUT2D eigenvalue weighted by Crippen LogP contribution is -2.54. The third kappa shape index (κ3) is 4.04. The van der Waals surface area contributed by atoms with E-state index in [2.05, 4.69) is 0 Å². The summed E-state index contributed by atoms with van der Waals surface area (Å²) < 4.78 is 23.5. The van der Waals surface area contributed by atoms with Gasteiger partial charge in [-0.3, -0.25) is 9.69 Å². The Labute approximate surface area is 183 Å². The predicted molar refractivity (Wildman–Crippen MR) is 121 cm³/mol. The Balaban J connectivity index is 1.77. The van der Waals surface area contributed by atoms with Crippen molar-refractivity contribution in [3.8, 4) is 11.1 Å². The number of nitrogens with zero attached hydrogens (tertiary/aromatic N) is 3. The zero-order valence-electron chi connectivity index (χ0n) is 18.0. The molecule has 4 rings (SSSR count). The number of amides is 3. The molecule has 1 fully saturated rings. The van der Waals surface area contributed by atoms with Gasteiger partial charge < -0.3 is 9.80 Å². The Bertz CT molecular complexity index is 1120. The average molecular weight is 442 g/mol. The fourth-order valence-electron chi connectivity index (χ4n) is 4.44. The zero-order valence-corrected chi connectivity index (χ0v) is 18.9. The van der Waals surface area contributed by atoms with Crippen molar-refractivity contribution >= 4 is 33.2 Å². The van der Waals surface area contributed by atoms with Gasteiger partial charge in [-0.15, -0.1) is 0 Å². The first kappa shape index (κ1) is 21.4. The van der Waals surface area contributed by atoms with Crippen LogP contribution in [0.1, 0.15) is 26.7 Å². The second kappa shape index (κ2) is 8.00. The Morgan fingerprint density at radius 2 is 1.55 bits per heavy atom. The molecule has 0 bridgehead atoms. The van der Waals surface area contributed by atoms with Gasteiger partial charge in [0.1, 0.15) is 0 Å². The van der Waals surface area contributed by atoms with Crippen LogP contribution < -0.4 is 9.80 Å². The summed E-state index contributed by atoms with van der Waals surface area (Å²) in [6.07, 6.45) is 3.20. The van der Waals surface area contributed by atoms with E-state index in [1.807, 2.05) is 30.0 Å². The summed E-state index contributed by atoms with van der Waals surface area (Å²) in [5, 5.41) is 0. The highest BCUT2D eigenvalue weighted by Gasteiger charge is 2.36. The molecule has 8 heteroatoms. The highest BCUT2D eigenvalue weighted by atomic mass is 32.2. The van der Waals surface area contributed by atoms with Gasteiger partial charge in [0.15, 0.2) is 9.84 Å². The van der Waals surface area contributed by atoms with Crippen molar-refractivity contribution in [2.24, 2.45) is 0 Å². The van der Waals surface area contributed by atoms with E-state index in [-0.39, 0.29) is 22.9 Å². The summed E-state index contributed by atoms with van der Waals surface area (Å²) in [4.78, 5) is 31.3. The Kier molecular flexibility index (Phi) is 5.51. The summed E-state index contributed by atoms with van der Waals surface area (Å²) in [6.45, 7) is 5.42. The molecule has 2 heterocycles. The van der Waals surface area contributed by atoms with E-state index >= 15 is 0 Å². The van der Waals surface area contributed by atoms with Crippen LogP contribution in [0.25, 0.3) is 11.1 Å². The number of carbonyl (C=O) groups excluding carboxylic acids is 2. The molecule has 2 aromatic rings. The molecule has 1 unspecified atom stereocenters. The maximum absolute atomic E-state index is 13.3. The molecule has 2 aromatic carbocycles. The van der Waals surface area contributed by atoms with Crippen molar-refractivity contribution in [3.63, 3.8) is 0 Å². The summed E-state index contributed by atoms with van der Waals surface area (Å²) in [5.74, 6) is -0.0627. The minimum atomic E-state index is -3.27. The first-order chi connectivity index (χ1) is 14.7. The number of hydrogen-bond acceptors (Lipinski definition) is 4. The van der Waals surface area contributed by atoms with Gasteiger partial charge >= 0.3 is 6.03 Å². The van der Waals surface area contributed by atoms with Crippen LogP contribution in [0.4, 0.5) is 16.2 Å². The van der Waals surface area contributed by atoms with Crippen molar-refractivity contribution in [2.75, 3.05) is 35.7 Å². The zero-order chi connectivity index (χ0) is 22.3. The molecule has 0 aliphatic carbocycles. The molecule has 1 atom stereocenters. The molecule has 3 amide bonds. The predicted octanol–water partition coefficient (Wildman–Crippen LogP) is 3.53. The summed E-state index contributed by atoms with van der Waals surface area (Å²) in [6, 6.07) is 12.2. The smallest absolute Gasteiger partial charge is 0.324 e. The van der Waals surface area contributed by atoms with Crippen LogP contribution in [-0.2, 0) is 14.6 Å². The van der Waals surface area contributed by atoms with Crippen LogP contribution in [0.2, 0.25) is 0 Å². The molecule has 7 nitrogen and oxygen atoms in total. The van der Waals surface area contributed by atoms with Crippen LogP contribution in [-0.4, -0.2) is 57.2 Å². The number of hydrogen-bond donors (Lipinski definition) is 0. The third-order valence-electron chi connectivity index (χ3n) is 5.98. The molecular weight excluding hydrogens is 414 g/mol. The molecule has 2 aliphatic rings. The average Bonchev–Trinajstić information content (AvgIpc) is 3.26. The van der Waals surface area contributed by atoms with Gasteiger partial charge in [0, 0.05) is 32.8 Å². The van der Waals surface area contributed by atoms with Crippen LogP contribution in [0.3, 0.4) is 0 Å². The van der Waals surface area contributed by atoms with Gasteiger partial charge in [-0.2, -0.15) is 0 Å². The molecular formula is C23H27N3O4S. The Hall–Kier alpha value is -2.87. The van der Waals surface area contributed by atoms with E-state index in [1.54, 1.807) is 34.1 Å². The van der Waals surface area contributed by atoms with Gasteiger partial charge in [0.2, 0.25) is 5.91 Å². The molecule has 0 saturated carbocycles. The number of fused-ring (bicyclic) bond motifs is 1. The van der Waals surface area contributed by atoms with E-state index in [9.17, 15) is 18.0 Å². The second-order valence-electron chi connectivity index (χ2n) is 8.33. The maximum atomic E-state index is 13.3. The number of urea groups is 1. The van der Waals surface area contributed by atoms with Crippen molar-refractivity contribution in [2.45, 2.75) is 37.6 Å². The normalized spacial score (nSPS) is 18.8. The van der Waals surface area contributed by atoms with E-state index in [0.717, 1.165) is 42.7 Å². The van der Waals surface area contributed by atoms with Crippen molar-refractivity contribution in [3.05, 3.63) is 42.5 Å². The van der Waals surface area contributed by atoms with E-state index in [4.69, 9.17) is 0 Å². The van der Waals surface area contributed by atoms with E-state index in [0.29, 0.717) is 12.2 Å². The number of benzene rings is 2. The van der Waals surface area contributed by atoms with Gasteiger partial charge in [-0.25, -0.2) is 13.2 Å². The molecule has 31 heavy (non-hydrogen) atoms. The minimum absolute atomic E-state index is 0.0293. The van der Waals surface area contributed by atoms with E-state index < -0.39 is 9.84 Å². The van der Waals surface area contributed by atoms with Gasteiger partial charge in [-0.05, 0) is 55.2 Å². The van der Waals surface area contributed by atoms with Crippen molar-refractivity contribution < 1.29 is 18.0 Å². The Morgan fingerprint density at radius 3 is 2.13 bits per heavy atom. The summed E-state index contributed by atoms with van der Waals surface area (Å²) >= 11 is 0. The lowest BCUT2D eigenvalue weighted by Gasteiger charge is -2.42. The quantitative estimate of drug-likeness (QED) is 0.714. The molecule has 0 N–H and O–H groups in total. The standard InChI is InChI=1S/C23H27N3O4S/c1-16-15-25(23(28)24-12-4-5-13-24)22-14-19(8-11-21(22)26(16)17(2)27)18-6-9-20(10-7-18)31(3,29)30/h6-11,14,16H,4-5,12-13,15H2,1-3H3. The highest BCUT2D eigenvalue weighted by Crippen LogP contribution is 2.39. The number of carbonyl (C=O) groups is 2. The summed E-state index contributed by atoms with van der Waals surface area (Å²) in [7, 11) is -3.27. The first-order valence-electron chi connectivity index (χ1n) is 10.5. The van der Waals surface area contributed by atoms with Crippen LogP contribution in [0.5, 0.6) is 0 Å². The SMILES string of the molecule is CC(=O)N1c2ccc(-c3ccc(S(C)(=O)=O)cc3)cc2N(C(=O)N2CCCC2)CC1C. The first-order valence-corrected chi connectivity index (χ1v) is 12.4. The van der Waals surface area contributed by atoms with Crippen LogP contribution in [0, 0.1) is 0 Å². The lowest BCUT2D eigenvalue weighted by molar-refractivity contribution is -0.117. The number of rotatable bonds is 2. The Morgan fingerprint density at radius 1 is 0.935 bits per heavy atom. The molecule has 0 aromatic heterocycles. The van der Waals surface area contributed by atoms with Gasteiger partial charge in [0.05, 0.1) is 22.3 Å². The molecule has 0 spiro atoms. The van der Waals surface area contributed by atoms with Gasteiger partial charge in [-0.1, -0.05) is 18.2 Å². The van der Waals surface area contributed by atoms with Gasteiger partial charge in [0.25, 0.3) is 0 Å². The fourth-order valence-corrected chi connectivity index (χ4v) is 5.07. The molecule has 0 radical (unpaired) electrons. The third-order valence-corrected chi connectivity index (χ3v) is 7.10. The van der Waals surface area contributed by atoms with Crippen LogP contribution >= 0.6 is 0 Å². The minimum Gasteiger partial charge on any atom is -0.324 e. The lowest BCUT2D eigenvalue weighted by atomic mass is 10.0. The molecule has 1 saturated heterocycles. The summed E-state index contributed by atoms with van der Waals surface area (Å²) in [5.41, 5.74) is 3.12. The fraction of sp³-hybridized carbons (Fsp3) is 0.391. The molecule has 2 aliphatic heterocycles. The van der Waals surface area contributed by atoms with E-state index in [1.165, 1.54) is 13.2 Å². The highest BCUT2D eigenvalue weighted by molar-refractivity contribution is 7.90. The number of anilines is 2.